The van der Waals surface area contributed by atoms with Crippen LogP contribution in [0.4, 0.5) is 11.4 Å². The minimum atomic E-state index is -2.29. The number of hydrogen-bond acceptors (Lipinski definition) is 24. The number of aliphatic hydroxyl groups excluding tert-OH is 2. The molecule has 578 valence electrons. The maximum atomic E-state index is 15.6. The minimum absolute atomic E-state index is 0.0299. The molecule has 0 aliphatic carbocycles. The largest absolute Gasteiger partial charge is 0.391 e. The van der Waals surface area contributed by atoms with Crippen molar-refractivity contribution in [3.63, 3.8) is 0 Å². The van der Waals surface area contributed by atoms with E-state index in [0.29, 0.717) is 38.8 Å². The molecule has 2 aromatic rings. The zero-order valence-electron chi connectivity index (χ0n) is 60.0. The highest BCUT2D eigenvalue weighted by molar-refractivity contribution is 6.37. The van der Waals surface area contributed by atoms with Crippen LogP contribution in [0.1, 0.15) is 117 Å². The number of hydrazine groups is 4. The third-order valence-corrected chi connectivity index (χ3v) is 22.5. The van der Waals surface area contributed by atoms with Crippen molar-refractivity contribution < 1.29 is 87.4 Å². The first-order valence-corrected chi connectivity index (χ1v) is 36.8. The van der Waals surface area contributed by atoms with E-state index in [1.54, 1.807) is 27.7 Å². The summed E-state index contributed by atoms with van der Waals surface area (Å²) in [6, 6.07) is -12.2. The van der Waals surface area contributed by atoms with Crippen molar-refractivity contribution in [2.45, 2.75) is 214 Å². The molecule has 12 rings (SSSR count). The van der Waals surface area contributed by atoms with Gasteiger partial charge in [0.2, 0.25) is 47.3 Å². The number of methoxy groups -OCH3 is 2. The number of hydrogen-bond donors (Lipinski definition) is 16. The van der Waals surface area contributed by atoms with Crippen LogP contribution in [-0.4, -0.2) is 272 Å². The standard InChI is InChI=1S/C68H94Cl2N18O18/c1-29(2)49-63(101)87-45(15-11-19-73-87)59(97)85-43(13-9-17-71-85)55(93)75-41(27-105-7)53(91)81-51(31(5)89)61(99)83-47(57(95)79-49)25-67(103)35-21-33(37(69)23-39(35)77-65(67)83)34-22-36-40(24-38(34)70)78-66-68(36,104)26-48-58(96)80-50(30(3)4)64(102)88-46(16-12-20-74-88)60(98)86-44(14-10-18-72-86)56(94)76-42(28-106-8)54(92)82-52(32(6)90)62(100)84(48)66/h21-24,29-32,41-52,65-66,71-74,77-78,89-90,103-104H,9-20,25-28H2,1-8H3,(H,75,93)(H,76,94)(H,79,95)(H,80,96)(H,81,91)(H,82,92). The Morgan fingerprint density at radius 1 is 0.415 bits per heavy atom. The predicted molar refractivity (Wildman–Crippen MR) is 375 cm³/mol. The molecular weight excluding hydrogens is 1430 g/mol. The fourth-order valence-electron chi connectivity index (χ4n) is 16.3. The number of anilines is 2. The van der Waals surface area contributed by atoms with Crippen LogP contribution >= 0.6 is 23.2 Å². The molecule has 36 nitrogen and oxygen atoms in total. The quantitative estimate of drug-likeness (QED) is 0.114. The smallest absolute Gasteiger partial charge is 0.261 e. The highest BCUT2D eigenvalue weighted by Crippen LogP contribution is 2.55. The molecule has 106 heavy (non-hydrogen) atoms. The van der Waals surface area contributed by atoms with Gasteiger partial charge in [-0.15, -0.1) is 0 Å². The molecule has 0 aromatic heterocycles. The molecule has 0 saturated carbocycles. The number of carbonyl (C=O) groups excluding carboxylic acids is 12. The van der Waals surface area contributed by atoms with Gasteiger partial charge in [0.05, 0.1) is 35.5 Å². The lowest BCUT2D eigenvalue weighted by molar-refractivity contribution is -0.161. The Labute approximate surface area is 620 Å². The number of amides is 12. The Kier molecular flexibility index (Phi) is 22.5. The normalized spacial score (nSPS) is 33.5. The molecule has 38 heteroatoms. The van der Waals surface area contributed by atoms with Crippen molar-refractivity contribution in [2.75, 3.05) is 64.2 Å². The molecule has 12 amide bonds. The maximum absolute atomic E-state index is 15.6. The Morgan fingerprint density at radius 3 is 1.05 bits per heavy atom. The van der Waals surface area contributed by atoms with Crippen LogP contribution < -0.4 is 64.2 Å². The fraction of sp³-hybridized carbons (Fsp3) is 0.647. The molecule has 8 fully saturated rings. The average Bonchev–Trinajstić information content (AvgIpc) is 1.55. The number of nitrogens with zero attached hydrogens (tertiary/aromatic N) is 6. The third kappa shape index (κ3) is 14.0. The molecule has 10 aliphatic heterocycles. The summed E-state index contributed by atoms with van der Waals surface area (Å²) in [4.78, 5) is 181. The van der Waals surface area contributed by atoms with E-state index in [2.05, 4.69) is 64.2 Å². The van der Waals surface area contributed by atoms with Gasteiger partial charge in [0.1, 0.15) is 96.0 Å². The predicted octanol–water partition coefficient (Wildman–Crippen LogP) is -3.97. The Bertz CT molecular complexity index is 3630. The molecule has 0 spiro atoms. The van der Waals surface area contributed by atoms with Gasteiger partial charge in [0.25, 0.3) is 23.6 Å². The van der Waals surface area contributed by atoms with Gasteiger partial charge >= 0.3 is 0 Å². The number of nitrogens with one attached hydrogen (secondary N) is 12. The van der Waals surface area contributed by atoms with Crippen molar-refractivity contribution >= 4 is 105 Å². The van der Waals surface area contributed by atoms with E-state index in [0.717, 1.165) is 29.8 Å². The monoisotopic (exact) mass is 1520 g/mol. The third-order valence-electron chi connectivity index (χ3n) is 21.9. The van der Waals surface area contributed by atoms with Gasteiger partial charge < -0.3 is 82.2 Å². The van der Waals surface area contributed by atoms with Gasteiger partial charge in [0.15, 0.2) is 0 Å². The molecule has 10 heterocycles. The lowest BCUT2D eigenvalue weighted by atomic mass is 9.86. The second-order valence-corrected chi connectivity index (χ2v) is 30.5. The first-order valence-electron chi connectivity index (χ1n) is 36.1. The van der Waals surface area contributed by atoms with Crippen molar-refractivity contribution in [3.05, 3.63) is 45.4 Å². The van der Waals surface area contributed by atoms with E-state index in [-0.39, 0.29) is 82.4 Å². The number of fused-ring (bicyclic) bond motifs is 14. The number of rotatable bonds is 9. The number of halogens is 2. The van der Waals surface area contributed by atoms with Gasteiger partial charge in [-0.3, -0.25) is 77.6 Å². The summed E-state index contributed by atoms with van der Waals surface area (Å²) >= 11 is 14.5. The van der Waals surface area contributed by atoms with E-state index < -0.39 is 217 Å². The average molecular weight is 1520 g/mol. The zero-order valence-corrected chi connectivity index (χ0v) is 61.5. The first-order chi connectivity index (χ1) is 50.3. The van der Waals surface area contributed by atoms with E-state index in [1.807, 2.05) is 0 Å². The maximum Gasteiger partial charge on any atom is 0.261 e. The van der Waals surface area contributed by atoms with Crippen LogP contribution in [-0.2, 0) is 78.2 Å². The van der Waals surface area contributed by atoms with Gasteiger partial charge in [-0.1, -0.05) is 50.9 Å². The lowest BCUT2D eigenvalue weighted by Crippen LogP contribution is -2.69. The van der Waals surface area contributed by atoms with E-state index in [1.165, 1.54) is 52.3 Å². The molecule has 16 N–H and O–H groups in total. The summed E-state index contributed by atoms with van der Waals surface area (Å²) in [5, 5.41) is 76.7. The molecule has 10 aliphatic rings. The number of ether oxygens (including phenoxy) is 2. The number of carbonyl (C=O) groups is 12. The molecule has 2 aromatic carbocycles. The molecule has 18 atom stereocenters. The topological polar surface area (TPSA) is 468 Å². The van der Waals surface area contributed by atoms with E-state index >= 15 is 28.8 Å². The minimum Gasteiger partial charge on any atom is -0.391 e. The van der Waals surface area contributed by atoms with Crippen LogP contribution in [0, 0.1) is 11.8 Å². The second-order valence-electron chi connectivity index (χ2n) is 29.7. The summed E-state index contributed by atoms with van der Waals surface area (Å²) in [7, 11) is 2.53. The zero-order chi connectivity index (χ0) is 76.4. The van der Waals surface area contributed by atoms with Crippen LogP contribution in [0.3, 0.4) is 0 Å². The van der Waals surface area contributed by atoms with Gasteiger partial charge in [-0.05, 0) is 101 Å². The van der Waals surface area contributed by atoms with Crippen molar-refractivity contribution in [3.8, 4) is 11.1 Å². The second kappa shape index (κ2) is 30.8. The SMILES string of the molecule is COCC1NC(=O)C2CCCNN2C(=O)C2CCCNN2C(=O)C(C(C)C)NC(=O)C2CC3(O)c4cc(-c5cc6c(cc5Cl)NC5N7C(=O)C(C(C)O)NC(=O)C(COC)NC(=O)C8CCCNN8C(=O)C8CCCNN8C(=O)C(C(C)C)NC(=O)C7CC65O)c(Cl)cc4NC3N2C(=O)C(C(C)O)NC1=O. The summed E-state index contributed by atoms with van der Waals surface area (Å²) in [6.07, 6.45) is -5.55. The van der Waals surface area contributed by atoms with Crippen LogP contribution in [0.5, 0.6) is 0 Å². The Balaban J connectivity index is 0.910. The van der Waals surface area contributed by atoms with Gasteiger partial charge in [-0.2, -0.15) is 0 Å². The summed E-state index contributed by atoms with van der Waals surface area (Å²) in [5.41, 5.74) is 7.92. The molecule has 0 bridgehead atoms. The molecular formula is C68H94Cl2N18O18. The van der Waals surface area contributed by atoms with Crippen LogP contribution in [0.2, 0.25) is 10.0 Å². The molecule has 18 unspecified atom stereocenters. The van der Waals surface area contributed by atoms with Crippen LogP contribution in [0.15, 0.2) is 24.3 Å². The van der Waals surface area contributed by atoms with Crippen molar-refractivity contribution in [1.82, 2.24) is 83.4 Å². The van der Waals surface area contributed by atoms with E-state index in [9.17, 15) is 49.2 Å². The van der Waals surface area contributed by atoms with Crippen molar-refractivity contribution in [2.24, 2.45) is 11.8 Å². The fourth-order valence-corrected chi connectivity index (χ4v) is 16.9. The summed E-state index contributed by atoms with van der Waals surface area (Å²) < 4.78 is 10.7. The highest BCUT2D eigenvalue weighted by atomic mass is 35.5. The van der Waals surface area contributed by atoms with E-state index in [4.69, 9.17) is 32.7 Å². The molecule has 0 radical (unpaired) electrons. The highest BCUT2D eigenvalue weighted by Gasteiger charge is 2.64. The van der Waals surface area contributed by atoms with Gasteiger partial charge in [-0.25, -0.2) is 21.7 Å². The van der Waals surface area contributed by atoms with Gasteiger partial charge in [0, 0.05) is 86.9 Å². The Morgan fingerprint density at radius 2 is 0.726 bits per heavy atom. The summed E-state index contributed by atoms with van der Waals surface area (Å²) in [5.74, 6) is -11.8. The number of aliphatic hydroxyl groups is 4. The first kappa shape index (κ1) is 77.5. The lowest BCUT2D eigenvalue weighted by Gasteiger charge is -2.43. The summed E-state index contributed by atoms with van der Waals surface area (Å²) in [6.45, 7) is 9.20. The number of benzene rings is 2. The van der Waals surface area contributed by atoms with Crippen LogP contribution in [0.25, 0.3) is 11.1 Å². The molecule has 8 saturated heterocycles. The Hall–Kier alpha value is -8.14. The van der Waals surface area contributed by atoms with Crippen molar-refractivity contribution in [1.29, 1.82) is 0 Å².